The molecule has 5 heterocycles. The predicted molar refractivity (Wildman–Crippen MR) is 131 cm³/mol. The first-order valence-corrected chi connectivity index (χ1v) is 11.4. The molecule has 11 nitrogen and oxygen atoms in total. The molecule has 6 rings (SSSR count). The van der Waals surface area contributed by atoms with Crippen LogP contribution in [0.15, 0.2) is 65.4 Å². The number of nitrogens with zero attached hydrogens (tertiary/aromatic N) is 7. The highest BCUT2D eigenvalue weighted by molar-refractivity contribution is 5.89. The third-order valence-electron chi connectivity index (χ3n) is 6.37. The zero-order chi connectivity index (χ0) is 24.9. The van der Waals surface area contributed by atoms with Crippen LogP contribution in [0.1, 0.15) is 12.2 Å². The number of carbonyl (C=O) groups excluding carboxylic acids is 1. The van der Waals surface area contributed by atoms with E-state index in [-0.39, 0.29) is 12.2 Å². The summed E-state index contributed by atoms with van der Waals surface area (Å²) < 4.78 is 7.10. The Labute approximate surface area is 205 Å². The zero-order valence-electron chi connectivity index (χ0n) is 19.6. The second-order valence-electron chi connectivity index (χ2n) is 8.73. The minimum atomic E-state index is -1.68. The van der Waals surface area contributed by atoms with Crippen LogP contribution in [0.2, 0.25) is 0 Å². The molecule has 1 aliphatic rings. The van der Waals surface area contributed by atoms with E-state index in [2.05, 4.69) is 30.5 Å². The number of hydrogen-bond donors (Lipinski definition) is 2. The lowest BCUT2D eigenvalue weighted by atomic mass is 9.98. The van der Waals surface area contributed by atoms with Crippen LogP contribution in [0.4, 0.5) is 11.8 Å². The topological polar surface area (TPSA) is 135 Å². The van der Waals surface area contributed by atoms with E-state index in [0.29, 0.717) is 29.7 Å². The van der Waals surface area contributed by atoms with Gasteiger partial charge in [-0.15, -0.1) is 0 Å². The molecule has 5 aromatic rings. The zero-order valence-corrected chi connectivity index (χ0v) is 19.6. The van der Waals surface area contributed by atoms with Gasteiger partial charge in [0.2, 0.25) is 11.5 Å². The maximum absolute atomic E-state index is 12.4. The van der Waals surface area contributed by atoms with Gasteiger partial charge in [0.15, 0.2) is 17.2 Å². The number of likely N-dealkylation sites (N-methyl/N-ethyl adjacent to an activating group) is 1. The number of aliphatic hydroxyl groups is 1. The molecular formula is C25H22N8O3. The number of anilines is 2. The molecule has 1 saturated heterocycles. The van der Waals surface area contributed by atoms with E-state index in [1.807, 2.05) is 49.5 Å². The van der Waals surface area contributed by atoms with Gasteiger partial charge >= 0.3 is 0 Å². The summed E-state index contributed by atoms with van der Waals surface area (Å²) in [5, 5.41) is 23.5. The third-order valence-corrected chi connectivity index (χ3v) is 6.37. The van der Waals surface area contributed by atoms with Crippen LogP contribution in [0.3, 0.4) is 0 Å². The van der Waals surface area contributed by atoms with Crippen molar-refractivity contribution in [3.8, 4) is 22.5 Å². The molecule has 1 atom stereocenters. The Hall–Kier alpha value is -4.64. The number of aryl methyl sites for hydroxylation is 1. The monoisotopic (exact) mass is 482 g/mol. The first kappa shape index (κ1) is 21.9. The molecule has 180 valence electrons. The Bertz CT molecular complexity index is 1610. The lowest BCUT2D eigenvalue weighted by molar-refractivity contribution is -0.144. The highest BCUT2D eigenvalue weighted by Gasteiger charge is 2.48. The molecule has 0 saturated carbocycles. The molecule has 4 aromatic heterocycles. The molecule has 0 aliphatic carbocycles. The Morgan fingerprint density at radius 1 is 1.03 bits per heavy atom. The molecule has 11 heteroatoms. The predicted octanol–water partition coefficient (Wildman–Crippen LogP) is 2.87. The lowest BCUT2D eigenvalue weighted by Crippen LogP contribution is -2.35. The van der Waals surface area contributed by atoms with Crippen LogP contribution in [-0.2, 0) is 17.4 Å². The third kappa shape index (κ3) is 3.57. The molecular weight excluding hydrogens is 460 g/mol. The first-order chi connectivity index (χ1) is 17.4. The number of hydrogen-bond acceptors (Lipinski definition) is 9. The van der Waals surface area contributed by atoms with E-state index in [4.69, 9.17) is 4.52 Å². The number of nitrogens with one attached hydrogen (secondary N) is 1. The standard InChI is InChI=1S/C25H22N8O3/c1-32-12-9-25(35,23(32)34)20-14-19(31-36-20)16-6-3-5-15(13-16)18-8-11-27-24(28-18)29-21-17-7-4-10-26-22(17)33(2)30-21/h3-8,10-11,13-14,35H,9,12H2,1-2H3,(H,27,28,29,30). The molecule has 2 N–H and O–H groups in total. The maximum atomic E-state index is 12.4. The summed E-state index contributed by atoms with van der Waals surface area (Å²) in [6.07, 6.45) is 3.65. The largest absolute Gasteiger partial charge is 0.373 e. The highest BCUT2D eigenvalue weighted by Crippen LogP contribution is 2.35. The minimum Gasteiger partial charge on any atom is -0.373 e. The number of carbonyl (C=O) groups is 1. The van der Waals surface area contributed by atoms with E-state index in [1.54, 1.807) is 30.2 Å². The number of pyridine rings is 1. The van der Waals surface area contributed by atoms with Crippen molar-refractivity contribution in [3.63, 3.8) is 0 Å². The molecule has 1 fully saturated rings. The van der Waals surface area contributed by atoms with Crippen molar-refractivity contribution in [1.82, 2.24) is 34.8 Å². The van der Waals surface area contributed by atoms with Gasteiger partial charge in [0.05, 0.1) is 11.1 Å². The van der Waals surface area contributed by atoms with Crippen LogP contribution in [0, 0.1) is 0 Å². The van der Waals surface area contributed by atoms with Gasteiger partial charge in [-0.2, -0.15) is 5.10 Å². The smallest absolute Gasteiger partial charge is 0.262 e. The van der Waals surface area contributed by atoms with E-state index in [0.717, 1.165) is 22.2 Å². The number of amides is 1. The average Bonchev–Trinajstić information content (AvgIpc) is 3.59. The van der Waals surface area contributed by atoms with Crippen molar-refractivity contribution >= 4 is 28.7 Å². The minimum absolute atomic E-state index is 0.142. The van der Waals surface area contributed by atoms with Gasteiger partial charge < -0.3 is 19.8 Å². The van der Waals surface area contributed by atoms with Crippen LogP contribution in [0.5, 0.6) is 0 Å². The Kier molecular flexibility index (Phi) is 5.00. The van der Waals surface area contributed by atoms with E-state index in [1.165, 1.54) is 4.90 Å². The van der Waals surface area contributed by atoms with Gasteiger partial charge in [-0.05, 0) is 24.3 Å². The fraction of sp³-hybridized carbons (Fsp3) is 0.200. The molecule has 0 spiro atoms. The number of likely N-dealkylation sites (tertiary alicyclic amines) is 1. The van der Waals surface area contributed by atoms with Crippen LogP contribution in [-0.4, -0.2) is 59.4 Å². The quantitative estimate of drug-likeness (QED) is 0.388. The molecule has 1 aromatic carbocycles. The number of aromatic nitrogens is 6. The van der Waals surface area contributed by atoms with Gasteiger partial charge in [-0.1, -0.05) is 23.4 Å². The summed E-state index contributed by atoms with van der Waals surface area (Å²) in [5.74, 6) is 0.766. The Morgan fingerprint density at radius 3 is 2.67 bits per heavy atom. The molecule has 1 aliphatic heterocycles. The highest BCUT2D eigenvalue weighted by atomic mass is 16.5. The second kappa shape index (κ2) is 8.24. The lowest BCUT2D eigenvalue weighted by Gasteiger charge is -2.16. The fourth-order valence-electron chi connectivity index (χ4n) is 4.40. The number of rotatable bonds is 5. The molecule has 1 unspecified atom stereocenters. The van der Waals surface area contributed by atoms with Gasteiger partial charge in [0, 0.05) is 56.6 Å². The molecule has 0 radical (unpaired) electrons. The number of fused-ring (bicyclic) bond motifs is 1. The Morgan fingerprint density at radius 2 is 1.86 bits per heavy atom. The molecule has 1 amide bonds. The van der Waals surface area contributed by atoms with Crippen molar-refractivity contribution in [2.45, 2.75) is 12.0 Å². The van der Waals surface area contributed by atoms with E-state index >= 15 is 0 Å². The van der Waals surface area contributed by atoms with Crippen molar-refractivity contribution < 1.29 is 14.4 Å². The second-order valence-corrected chi connectivity index (χ2v) is 8.73. The van der Waals surface area contributed by atoms with Gasteiger partial charge in [0.25, 0.3) is 5.91 Å². The van der Waals surface area contributed by atoms with Gasteiger partial charge in [0.1, 0.15) is 5.69 Å². The maximum Gasteiger partial charge on any atom is 0.262 e. The van der Waals surface area contributed by atoms with Crippen LogP contribution < -0.4 is 5.32 Å². The fourth-order valence-corrected chi connectivity index (χ4v) is 4.40. The van der Waals surface area contributed by atoms with Crippen molar-refractivity contribution in [2.75, 3.05) is 18.9 Å². The summed E-state index contributed by atoms with van der Waals surface area (Å²) >= 11 is 0. The van der Waals surface area contributed by atoms with Gasteiger partial charge in [-0.3, -0.25) is 4.79 Å². The van der Waals surface area contributed by atoms with E-state index in [9.17, 15) is 9.90 Å². The first-order valence-electron chi connectivity index (χ1n) is 11.4. The number of benzene rings is 1. The average molecular weight is 483 g/mol. The van der Waals surface area contributed by atoms with E-state index < -0.39 is 11.5 Å². The van der Waals surface area contributed by atoms with Crippen molar-refractivity contribution in [1.29, 1.82) is 0 Å². The normalized spacial score (nSPS) is 17.8. The summed E-state index contributed by atoms with van der Waals surface area (Å²) in [7, 11) is 3.48. The van der Waals surface area contributed by atoms with Crippen molar-refractivity contribution in [2.24, 2.45) is 7.05 Å². The summed E-state index contributed by atoms with van der Waals surface area (Å²) in [5.41, 5.74) is 1.89. The summed E-state index contributed by atoms with van der Waals surface area (Å²) in [6.45, 7) is 0.454. The molecule has 36 heavy (non-hydrogen) atoms. The summed E-state index contributed by atoms with van der Waals surface area (Å²) in [4.78, 5) is 27.2. The Balaban J connectivity index is 1.29. The van der Waals surface area contributed by atoms with Crippen LogP contribution >= 0.6 is 0 Å². The van der Waals surface area contributed by atoms with Crippen LogP contribution in [0.25, 0.3) is 33.5 Å². The summed E-state index contributed by atoms with van der Waals surface area (Å²) in [6, 6.07) is 14.8. The molecule has 0 bridgehead atoms. The van der Waals surface area contributed by atoms with Gasteiger partial charge in [-0.25, -0.2) is 19.6 Å². The van der Waals surface area contributed by atoms with Crippen molar-refractivity contribution in [3.05, 3.63) is 66.7 Å². The SMILES string of the molecule is CN1CCC(O)(c2cc(-c3cccc(-c4ccnc(Nc5nn(C)c6ncccc56)n4)c3)no2)C1=O.